The van der Waals surface area contributed by atoms with E-state index >= 15 is 0 Å². The SMILES string of the molecule is CNS(=O)(=O)c1ccccc1NC1CCCCCC1. The molecule has 0 aliphatic heterocycles. The topological polar surface area (TPSA) is 58.2 Å². The molecule has 0 atom stereocenters. The van der Waals surface area contributed by atoms with E-state index in [2.05, 4.69) is 10.0 Å². The Morgan fingerprint density at radius 2 is 1.68 bits per heavy atom. The molecule has 1 aliphatic carbocycles. The van der Waals surface area contributed by atoms with Crippen LogP contribution in [0.2, 0.25) is 0 Å². The van der Waals surface area contributed by atoms with Crippen LogP contribution in [0.5, 0.6) is 0 Å². The Balaban J connectivity index is 2.20. The van der Waals surface area contributed by atoms with Gasteiger partial charge in [0.15, 0.2) is 0 Å². The minimum absolute atomic E-state index is 0.335. The highest BCUT2D eigenvalue weighted by molar-refractivity contribution is 7.89. The van der Waals surface area contributed by atoms with Crippen molar-refractivity contribution in [2.75, 3.05) is 12.4 Å². The predicted octanol–water partition coefficient (Wildman–Crippen LogP) is 2.73. The second-order valence-corrected chi connectivity index (χ2v) is 6.89. The molecule has 0 amide bonds. The molecule has 1 aromatic carbocycles. The Kier molecular flexibility index (Phi) is 4.82. The fourth-order valence-electron chi connectivity index (χ4n) is 2.57. The summed E-state index contributed by atoms with van der Waals surface area (Å²) in [5, 5.41) is 3.41. The minimum Gasteiger partial charge on any atom is -0.381 e. The highest BCUT2D eigenvalue weighted by atomic mass is 32.2. The van der Waals surface area contributed by atoms with Crippen LogP contribution in [0.25, 0.3) is 0 Å². The molecule has 19 heavy (non-hydrogen) atoms. The lowest BCUT2D eigenvalue weighted by atomic mass is 10.1. The molecule has 0 spiro atoms. The van der Waals surface area contributed by atoms with Gasteiger partial charge in [-0.3, -0.25) is 0 Å². The molecule has 1 saturated carbocycles. The van der Waals surface area contributed by atoms with Gasteiger partial charge in [-0.25, -0.2) is 13.1 Å². The van der Waals surface area contributed by atoms with Gasteiger partial charge in [-0.05, 0) is 32.0 Å². The average Bonchev–Trinajstić information content (AvgIpc) is 2.68. The van der Waals surface area contributed by atoms with E-state index < -0.39 is 10.0 Å². The summed E-state index contributed by atoms with van der Waals surface area (Å²) < 4.78 is 26.3. The molecule has 106 valence electrons. The van der Waals surface area contributed by atoms with Crippen molar-refractivity contribution in [1.29, 1.82) is 0 Å². The summed E-state index contributed by atoms with van der Waals surface area (Å²) in [6.07, 6.45) is 7.25. The van der Waals surface area contributed by atoms with E-state index in [9.17, 15) is 8.42 Å². The third-order valence-corrected chi connectivity index (χ3v) is 5.13. The first-order valence-electron chi connectivity index (χ1n) is 6.92. The second-order valence-electron chi connectivity index (χ2n) is 5.04. The number of rotatable bonds is 4. The number of nitrogens with one attached hydrogen (secondary N) is 2. The van der Waals surface area contributed by atoms with Crippen molar-refractivity contribution in [2.45, 2.75) is 49.5 Å². The van der Waals surface area contributed by atoms with E-state index in [1.807, 2.05) is 12.1 Å². The normalized spacial score (nSPS) is 17.9. The standard InChI is InChI=1S/C14H22N2O2S/c1-15-19(17,18)14-11-7-6-10-13(14)16-12-8-4-2-3-5-9-12/h6-7,10-12,15-16H,2-5,8-9H2,1H3. The van der Waals surface area contributed by atoms with Crippen molar-refractivity contribution in [3.05, 3.63) is 24.3 Å². The van der Waals surface area contributed by atoms with Crippen LogP contribution in [0.3, 0.4) is 0 Å². The summed E-state index contributed by atoms with van der Waals surface area (Å²) in [6.45, 7) is 0. The van der Waals surface area contributed by atoms with Crippen LogP contribution in [-0.2, 0) is 10.0 Å². The highest BCUT2D eigenvalue weighted by Gasteiger charge is 2.19. The number of hydrogen-bond acceptors (Lipinski definition) is 3. The lowest BCUT2D eigenvalue weighted by Crippen LogP contribution is -2.23. The van der Waals surface area contributed by atoms with Crippen LogP contribution >= 0.6 is 0 Å². The Bertz CT molecular complexity index is 506. The average molecular weight is 282 g/mol. The third-order valence-electron chi connectivity index (χ3n) is 3.66. The van der Waals surface area contributed by atoms with Crippen LogP contribution in [0.4, 0.5) is 5.69 Å². The van der Waals surface area contributed by atoms with E-state index in [4.69, 9.17) is 0 Å². The van der Waals surface area contributed by atoms with Gasteiger partial charge in [-0.1, -0.05) is 37.8 Å². The van der Waals surface area contributed by atoms with Gasteiger partial charge in [0.05, 0.1) is 5.69 Å². The number of benzene rings is 1. The summed E-state index contributed by atoms with van der Waals surface area (Å²) in [6, 6.07) is 7.49. The second kappa shape index (κ2) is 6.39. The fourth-order valence-corrected chi connectivity index (χ4v) is 3.47. The summed E-state index contributed by atoms with van der Waals surface area (Å²) in [5.74, 6) is 0. The first kappa shape index (κ1) is 14.3. The lowest BCUT2D eigenvalue weighted by Gasteiger charge is -2.19. The molecule has 0 saturated heterocycles. The zero-order valence-electron chi connectivity index (χ0n) is 11.4. The molecule has 0 aromatic heterocycles. The summed E-state index contributed by atoms with van der Waals surface area (Å²) in [7, 11) is -1.96. The molecule has 2 N–H and O–H groups in total. The van der Waals surface area contributed by atoms with Gasteiger partial charge in [0.2, 0.25) is 10.0 Å². The van der Waals surface area contributed by atoms with E-state index in [1.54, 1.807) is 12.1 Å². The van der Waals surface area contributed by atoms with E-state index in [0.717, 1.165) is 12.8 Å². The van der Waals surface area contributed by atoms with E-state index in [0.29, 0.717) is 16.6 Å². The lowest BCUT2D eigenvalue weighted by molar-refractivity contribution is 0.587. The molecular formula is C14H22N2O2S. The Morgan fingerprint density at radius 1 is 1.05 bits per heavy atom. The van der Waals surface area contributed by atoms with Gasteiger partial charge >= 0.3 is 0 Å². The maximum atomic E-state index is 12.0. The van der Waals surface area contributed by atoms with Crippen molar-refractivity contribution in [1.82, 2.24) is 4.72 Å². The summed E-state index contributed by atoms with van der Waals surface area (Å²) >= 11 is 0. The minimum atomic E-state index is -3.40. The fraction of sp³-hybridized carbons (Fsp3) is 0.571. The molecule has 2 rings (SSSR count). The monoisotopic (exact) mass is 282 g/mol. The predicted molar refractivity (Wildman–Crippen MR) is 77.8 cm³/mol. The highest BCUT2D eigenvalue weighted by Crippen LogP contribution is 2.25. The van der Waals surface area contributed by atoms with Crippen LogP contribution < -0.4 is 10.0 Å². The van der Waals surface area contributed by atoms with Gasteiger partial charge in [0, 0.05) is 6.04 Å². The Hall–Kier alpha value is -1.07. The zero-order chi connectivity index (χ0) is 13.7. The van der Waals surface area contributed by atoms with Gasteiger partial charge in [-0.2, -0.15) is 0 Å². The molecule has 0 radical (unpaired) electrons. The summed E-state index contributed by atoms with van der Waals surface area (Å²) in [5.41, 5.74) is 0.712. The molecule has 0 heterocycles. The molecule has 4 nitrogen and oxygen atoms in total. The van der Waals surface area contributed by atoms with Crippen molar-refractivity contribution in [2.24, 2.45) is 0 Å². The van der Waals surface area contributed by atoms with Crippen molar-refractivity contribution in [3.63, 3.8) is 0 Å². The number of anilines is 1. The Labute approximate surface area is 115 Å². The maximum absolute atomic E-state index is 12.0. The summed E-state index contributed by atoms with van der Waals surface area (Å²) in [4.78, 5) is 0.335. The number of sulfonamides is 1. The molecule has 5 heteroatoms. The molecule has 1 aliphatic rings. The van der Waals surface area contributed by atoms with Gasteiger partial charge in [-0.15, -0.1) is 0 Å². The first-order chi connectivity index (χ1) is 9.13. The van der Waals surface area contributed by atoms with Crippen LogP contribution in [0, 0.1) is 0 Å². The van der Waals surface area contributed by atoms with E-state index in [-0.39, 0.29) is 0 Å². The van der Waals surface area contributed by atoms with Gasteiger partial charge in [0.25, 0.3) is 0 Å². The van der Waals surface area contributed by atoms with Gasteiger partial charge in [0.1, 0.15) is 4.90 Å². The van der Waals surface area contributed by atoms with Crippen LogP contribution in [0.1, 0.15) is 38.5 Å². The van der Waals surface area contributed by atoms with Crippen LogP contribution in [-0.4, -0.2) is 21.5 Å². The largest absolute Gasteiger partial charge is 0.381 e. The molecule has 0 bridgehead atoms. The molecular weight excluding hydrogens is 260 g/mol. The third kappa shape index (κ3) is 3.70. The quantitative estimate of drug-likeness (QED) is 0.835. The van der Waals surface area contributed by atoms with Crippen molar-refractivity contribution in [3.8, 4) is 0 Å². The zero-order valence-corrected chi connectivity index (χ0v) is 12.2. The molecule has 1 fully saturated rings. The number of para-hydroxylation sites is 1. The Morgan fingerprint density at radius 3 is 2.32 bits per heavy atom. The maximum Gasteiger partial charge on any atom is 0.242 e. The van der Waals surface area contributed by atoms with Crippen molar-refractivity contribution >= 4 is 15.7 Å². The van der Waals surface area contributed by atoms with Gasteiger partial charge < -0.3 is 5.32 Å². The van der Waals surface area contributed by atoms with Crippen molar-refractivity contribution < 1.29 is 8.42 Å². The smallest absolute Gasteiger partial charge is 0.242 e. The van der Waals surface area contributed by atoms with Crippen LogP contribution in [0.15, 0.2) is 29.2 Å². The first-order valence-corrected chi connectivity index (χ1v) is 8.41. The molecule has 0 unspecified atom stereocenters. The number of hydrogen-bond donors (Lipinski definition) is 2. The van der Waals surface area contributed by atoms with E-state index in [1.165, 1.54) is 32.7 Å². The molecule has 1 aromatic rings.